The van der Waals surface area contributed by atoms with E-state index in [1.165, 1.54) is 5.56 Å². The van der Waals surface area contributed by atoms with E-state index in [1.54, 1.807) is 11.9 Å². The SMILES string of the molecule is CN1C(=O)C[C@@H](C(=O)O)C12CCN(C(=O)CCCCc1ccccc1)CC2. The molecule has 0 unspecified atom stereocenters. The Bertz CT molecular complexity index is 695. The number of aryl methyl sites for hydroxylation is 1. The molecule has 1 aromatic rings. The van der Waals surface area contributed by atoms with E-state index in [4.69, 9.17) is 0 Å². The van der Waals surface area contributed by atoms with Crippen molar-refractivity contribution in [1.82, 2.24) is 9.80 Å². The number of benzene rings is 1. The summed E-state index contributed by atoms with van der Waals surface area (Å²) in [6.45, 7) is 1.05. The van der Waals surface area contributed by atoms with Gasteiger partial charge in [-0.05, 0) is 37.7 Å². The van der Waals surface area contributed by atoms with Crippen LogP contribution in [-0.4, -0.2) is 58.4 Å². The van der Waals surface area contributed by atoms with E-state index < -0.39 is 17.4 Å². The van der Waals surface area contributed by atoms with Gasteiger partial charge in [-0.2, -0.15) is 0 Å². The Morgan fingerprint density at radius 1 is 1.15 bits per heavy atom. The average molecular weight is 372 g/mol. The molecule has 2 fully saturated rings. The molecule has 6 heteroatoms. The second kappa shape index (κ2) is 8.11. The number of nitrogens with zero attached hydrogens (tertiary/aromatic N) is 2. The van der Waals surface area contributed by atoms with Gasteiger partial charge in [-0.15, -0.1) is 0 Å². The van der Waals surface area contributed by atoms with Crippen molar-refractivity contribution in [3.8, 4) is 0 Å². The highest BCUT2D eigenvalue weighted by molar-refractivity contribution is 5.88. The lowest BCUT2D eigenvalue weighted by atomic mass is 9.77. The van der Waals surface area contributed by atoms with Gasteiger partial charge in [0.1, 0.15) is 0 Å². The summed E-state index contributed by atoms with van der Waals surface area (Å²) >= 11 is 0. The van der Waals surface area contributed by atoms with E-state index in [9.17, 15) is 19.5 Å². The number of hydrogen-bond donors (Lipinski definition) is 1. The molecule has 0 aromatic heterocycles. The Morgan fingerprint density at radius 3 is 2.44 bits per heavy atom. The first-order valence-corrected chi connectivity index (χ1v) is 9.75. The number of likely N-dealkylation sites (tertiary alicyclic amines) is 2. The first-order valence-electron chi connectivity index (χ1n) is 9.75. The lowest BCUT2D eigenvalue weighted by Gasteiger charge is -2.45. The van der Waals surface area contributed by atoms with Crippen LogP contribution < -0.4 is 0 Å². The Balaban J connectivity index is 1.47. The van der Waals surface area contributed by atoms with Crippen molar-refractivity contribution in [3.05, 3.63) is 35.9 Å². The maximum Gasteiger partial charge on any atom is 0.309 e. The minimum Gasteiger partial charge on any atom is -0.481 e. The van der Waals surface area contributed by atoms with Gasteiger partial charge in [0, 0.05) is 33.0 Å². The fraction of sp³-hybridized carbons (Fsp3) is 0.571. The number of piperidine rings is 1. The second-order valence-electron chi connectivity index (χ2n) is 7.72. The number of carboxylic acids is 1. The van der Waals surface area contributed by atoms with Crippen molar-refractivity contribution >= 4 is 17.8 Å². The molecule has 2 saturated heterocycles. The van der Waals surface area contributed by atoms with Crippen LogP contribution in [-0.2, 0) is 20.8 Å². The van der Waals surface area contributed by atoms with Gasteiger partial charge in [-0.25, -0.2) is 0 Å². The van der Waals surface area contributed by atoms with Gasteiger partial charge in [0.05, 0.1) is 11.5 Å². The lowest BCUT2D eigenvalue weighted by molar-refractivity contribution is -0.147. The second-order valence-corrected chi connectivity index (χ2v) is 7.72. The van der Waals surface area contributed by atoms with Gasteiger partial charge in [0.2, 0.25) is 11.8 Å². The topological polar surface area (TPSA) is 77.9 Å². The molecule has 1 atom stereocenters. The van der Waals surface area contributed by atoms with Crippen LogP contribution in [0.1, 0.15) is 44.1 Å². The summed E-state index contributed by atoms with van der Waals surface area (Å²) < 4.78 is 0. The fourth-order valence-corrected chi connectivity index (χ4v) is 4.54. The molecule has 2 amide bonds. The quantitative estimate of drug-likeness (QED) is 0.778. The zero-order valence-electron chi connectivity index (χ0n) is 15.9. The van der Waals surface area contributed by atoms with Crippen LogP contribution in [0.3, 0.4) is 0 Å². The highest BCUT2D eigenvalue weighted by Gasteiger charge is 2.55. The highest BCUT2D eigenvalue weighted by atomic mass is 16.4. The molecule has 0 saturated carbocycles. The Kier molecular flexibility index (Phi) is 5.82. The predicted molar refractivity (Wildman–Crippen MR) is 101 cm³/mol. The molecule has 1 spiro atoms. The molecule has 6 nitrogen and oxygen atoms in total. The van der Waals surface area contributed by atoms with Crippen LogP contribution in [0.2, 0.25) is 0 Å². The normalized spacial score (nSPS) is 21.7. The number of carboxylic acid groups (broad SMARTS) is 1. The van der Waals surface area contributed by atoms with E-state index in [1.807, 2.05) is 23.1 Å². The Morgan fingerprint density at radius 2 is 1.81 bits per heavy atom. The van der Waals surface area contributed by atoms with Gasteiger partial charge in [-0.1, -0.05) is 30.3 Å². The monoisotopic (exact) mass is 372 g/mol. The lowest BCUT2D eigenvalue weighted by Crippen LogP contribution is -2.56. The number of carbonyl (C=O) groups excluding carboxylic acids is 2. The molecule has 0 bridgehead atoms. The maximum atomic E-state index is 12.5. The molecule has 2 heterocycles. The molecule has 2 aliphatic rings. The van der Waals surface area contributed by atoms with E-state index in [0.29, 0.717) is 32.4 Å². The van der Waals surface area contributed by atoms with Crippen molar-refractivity contribution < 1.29 is 19.5 Å². The number of unbranched alkanes of at least 4 members (excludes halogenated alkanes) is 1. The Labute approximate surface area is 160 Å². The van der Waals surface area contributed by atoms with E-state index >= 15 is 0 Å². The summed E-state index contributed by atoms with van der Waals surface area (Å²) in [5.74, 6) is -1.55. The van der Waals surface area contributed by atoms with Gasteiger partial charge in [0.15, 0.2) is 0 Å². The summed E-state index contributed by atoms with van der Waals surface area (Å²) in [6.07, 6.45) is 4.49. The zero-order chi connectivity index (χ0) is 19.4. The third-order valence-corrected chi connectivity index (χ3v) is 6.30. The predicted octanol–water partition coefficient (Wildman–Crippen LogP) is 2.32. The van der Waals surface area contributed by atoms with Crippen molar-refractivity contribution in [2.24, 2.45) is 5.92 Å². The van der Waals surface area contributed by atoms with E-state index in [2.05, 4.69) is 12.1 Å². The number of carbonyl (C=O) groups is 3. The van der Waals surface area contributed by atoms with Crippen molar-refractivity contribution in [2.75, 3.05) is 20.1 Å². The minimum absolute atomic E-state index is 0.0687. The molecule has 1 N–H and O–H groups in total. The number of rotatable bonds is 6. The number of aliphatic carboxylic acids is 1. The molecular weight excluding hydrogens is 344 g/mol. The van der Waals surface area contributed by atoms with Crippen LogP contribution in [0.25, 0.3) is 0 Å². The maximum absolute atomic E-state index is 12.5. The molecule has 146 valence electrons. The number of hydrogen-bond acceptors (Lipinski definition) is 3. The molecule has 27 heavy (non-hydrogen) atoms. The van der Waals surface area contributed by atoms with Gasteiger partial charge >= 0.3 is 5.97 Å². The van der Waals surface area contributed by atoms with E-state index in [0.717, 1.165) is 19.3 Å². The third-order valence-electron chi connectivity index (χ3n) is 6.30. The Hall–Kier alpha value is -2.37. The molecule has 2 aliphatic heterocycles. The van der Waals surface area contributed by atoms with Gasteiger partial charge in [-0.3, -0.25) is 14.4 Å². The minimum atomic E-state index is -0.909. The van der Waals surface area contributed by atoms with E-state index in [-0.39, 0.29) is 18.2 Å². The smallest absolute Gasteiger partial charge is 0.309 e. The summed E-state index contributed by atoms with van der Waals surface area (Å²) in [5.41, 5.74) is 0.658. The summed E-state index contributed by atoms with van der Waals surface area (Å²) in [7, 11) is 1.70. The molecular formula is C21H28N2O4. The first-order chi connectivity index (χ1) is 12.9. The van der Waals surface area contributed by atoms with Gasteiger partial charge < -0.3 is 14.9 Å². The van der Waals surface area contributed by atoms with Crippen LogP contribution in [0.4, 0.5) is 0 Å². The molecule has 0 radical (unpaired) electrons. The highest BCUT2D eigenvalue weighted by Crippen LogP contribution is 2.42. The standard InChI is InChI=1S/C21H28N2O4/c1-22-19(25)15-17(20(26)27)21(22)11-13-23(14-12-21)18(24)10-6-5-9-16-7-3-2-4-8-16/h2-4,7-8,17H,5-6,9-15H2,1H3,(H,26,27)/t17-/m0/s1. The molecule has 0 aliphatic carbocycles. The van der Waals surface area contributed by atoms with Crippen LogP contribution in [0.15, 0.2) is 30.3 Å². The van der Waals surface area contributed by atoms with Crippen LogP contribution in [0.5, 0.6) is 0 Å². The fourth-order valence-electron chi connectivity index (χ4n) is 4.54. The molecule has 1 aromatic carbocycles. The third kappa shape index (κ3) is 3.99. The van der Waals surface area contributed by atoms with Gasteiger partial charge in [0.25, 0.3) is 0 Å². The number of amides is 2. The average Bonchev–Trinajstić information content (AvgIpc) is 2.92. The summed E-state index contributed by atoms with van der Waals surface area (Å²) in [4.78, 5) is 39.6. The summed E-state index contributed by atoms with van der Waals surface area (Å²) in [6, 6.07) is 10.3. The first kappa shape index (κ1) is 19.4. The largest absolute Gasteiger partial charge is 0.481 e. The summed E-state index contributed by atoms with van der Waals surface area (Å²) in [5, 5.41) is 9.52. The van der Waals surface area contributed by atoms with Crippen molar-refractivity contribution in [1.29, 1.82) is 0 Å². The van der Waals surface area contributed by atoms with Crippen LogP contribution >= 0.6 is 0 Å². The zero-order valence-corrected chi connectivity index (χ0v) is 15.9. The molecule has 3 rings (SSSR count). The van der Waals surface area contributed by atoms with Crippen LogP contribution in [0, 0.1) is 5.92 Å². The van der Waals surface area contributed by atoms with Crippen molar-refractivity contribution in [2.45, 2.75) is 50.5 Å². The van der Waals surface area contributed by atoms with Crippen molar-refractivity contribution in [3.63, 3.8) is 0 Å².